The van der Waals surface area contributed by atoms with Crippen LogP contribution in [-0.4, -0.2) is 58.1 Å². The number of ether oxygens (including phenoxy) is 4. The van der Waals surface area contributed by atoms with Gasteiger partial charge >= 0.3 is 0 Å². The fourth-order valence-corrected chi connectivity index (χ4v) is 3.52. The number of rotatable bonds is 11. The Morgan fingerprint density at radius 2 is 1.69 bits per heavy atom. The molecule has 1 aliphatic heterocycles. The molecule has 32 heavy (non-hydrogen) atoms. The molecule has 0 fully saturated rings. The highest BCUT2D eigenvalue weighted by atomic mass is 35.5. The van der Waals surface area contributed by atoms with E-state index in [4.69, 9.17) is 18.9 Å². The van der Waals surface area contributed by atoms with Crippen molar-refractivity contribution in [3.8, 4) is 23.0 Å². The molecule has 3 N–H and O–H groups in total. The number of benzene rings is 2. The summed E-state index contributed by atoms with van der Waals surface area (Å²) in [6, 6.07) is 9.40. The molecule has 0 bridgehead atoms. The number of amides is 1. The molecule has 1 atom stereocenters. The maximum atomic E-state index is 11.7. The molecule has 176 valence electrons. The van der Waals surface area contributed by atoms with Crippen LogP contribution in [0.5, 0.6) is 23.0 Å². The second-order valence-corrected chi connectivity index (χ2v) is 7.28. The van der Waals surface area contributed by atoms with E-state index < -0.39 is 6.10 Å². The van der Waals surface area contributed by atoms with Gasteiger partial charge in [0.2, 0.25) is 5.91 Å². The lowest BCUT2D eigenvalue weighted by molar-refractivity contribution is -0.116. The van der Waals surface area contributed by atoms with E-state index in [-0.39, 0.29) is 24.9 Å². The van der Waals surface area contributed by atoms with Crippen molar-refractivity contribution in [3.05, 3.63) is 41.5 Å². The summed E-state index contributed by atoms with van der Waals surface area (Å²) in [5.41, 5.74) is 2.66. The second-order valence-electron chi connectivity index (χ2n) is 7.28. The Morgan fingerprint density at radius 3 is 2.41 bits per heavy atom. The van der Waals surface area contributed by atoms with Gasteiger partial charge in [0.25, 0.3) is 0 Å². The molecule has 1 amide bonds. The van der Waals surface area contributed by atoms with Crippen molar-refractivity contribution in [2.24, 2.45) is 0 Å². The number of aliphatic hydroxyl groups excluding tert-OH is 1. The minimum atomic E-state index is -0.665. The lowest BCUT2D eigenvalue weighted by Gasteiger charge is -2.23. The number of carbonyl (C=O) groups excluding carboxylic acids is 1. The summed E-state index contributed by atoms with van der Waals surface area (Å²) in [4.78, 5) is 11.7. The first kappa shape index (κ1) is 25.6. The number of anilines is 1. The van der Waals surface area contributed by atoms with Gasteiger partial charge < -0.3 is 34.7 Å². The van der Waals surface area contributed by atoms with E-state index in [1.54, 1.807) is 27.4 Å². The summed E-state index contributed by atoms with van der Waals surface area (Å²) < 4.78 is 21.7. The molecule has 3 rings (SSSR count). The standard InChI is InChI=1S/C23H30N2O6.ClH/c1-28-19-6-4-15(12-21(19)30-3)10-11-24-13-16(26)14-31-18-7-8-20(29-2)23-17(18)5-9-22(27)25-23;/h4,6-8,12,16,24,26H,5,9-11,13-14H2,1-3H3,(H,25,27);1H. The van der Waals surface area contributed by atoms with Crippen LogP contribution in [0.4, 0.5) is 5.69 Å². The molecule has 9 heteroatoms. The van der Waals surface area contributed by atoms with E-state index in [0.717, 1.165) is 17.5 Å². The first-order chi connectivity index (χ1) is 15.0. The van der Waals surface area contributed by atoms with Crippen molar-refractivity contribution in [1.82, 2.24) is 5.32 Å². The van der Waals surface area contributed by atoms with Gasteiger partial charge in [0.15, 0.2) is 11.5 Å². The second kappa shape index (κ2) is 12.4. The third-order valence-corrected chi connectivity index (χ3v) is 5.17. The summed E-state index contributed by atoms with van der Waals surface area (Å²) >= 11 is 0. The molecule has 2 aromatic carbocycles. The minimum Gasteiger partial charge on any atom is -0.495 e. The van der Waals surface area contributed by atoms with Gasteiger partial charge in [0.1, 0.15) is 24.2 Å². The summed E-state index contributed by atoms with van der Waals surface area (Å²) in [6.07, 6.45) is 1.10. The molecular formula is C23H31ClN2O6. The third kappa shape index (κ3) is 6.41. The fourth-order valence-electron chi connectivity index (χ4n) is 3.52. The number of halogens is 1. The third-order valence-electron chi connectivity index (χ3n) is 5.17. The molecule has 0 saturated carbocycles. The van der Waals surface area contributed by atoms with Crippen LogP contribution in [0.1, 0.15) is 17.5 Å². The van der Waals surface area contributed by atoms with Gasteiger partial charge in [-0.2, -0.15) is 0 Å². The number of nitrogens with one attached hydrogen (secondary N) is 2. The number of fused-ring (bicyclic) bond motifs is 1. The molecule has 0 radical (unpaired) electrons. The summed E-state index contributed by atoms with van der Waals surface area (Å²) in [6.45, 7) is 1.26. The molecule has 1 aliphatic rings. The molecule has 0 aromatic heterocycles. The maximum absolute atomic E-state index is 11.7. The SMILES string of the molecule is COc1ccc(CCNCC(O)COc2ccc(OC)c3c2CCC(=O)N3)cc1OC.Cl. The van der Waals surface area contributed by atoms with Crippen molar-refractivity contribution >= 4 is 24.0 Å². The molecule has 0 saturated heterocycles. The Labute approximate surface area is 194 Å². The summed E-state index contributed by atoms with van der Waals surface area (Å²) in [7, 11) is 4.79. The molecule has 0 aliphatic carbocycles. The van der Waals surface area contributed by atoms with Gasteiger partial charge in [-0.05, 0) is 49.2 Å². The Hall–Kier alpha value is -2.68. The zero-order valence-corrected chi connectivity index (χ0v) is 19.4. The lowest BCUT2D eigenvalue weighted by Crippen LogP contribution is -2.32. The van der Waals surface area contributed by atoms with E-state index in [1.165, 1.54) is 0 Å². The van der Waals surface area contributed by atoms with E-state index in [0.29, 0.717) is 54.6 Å². The van der Waals surface area contributed by atoms with Gasteiger partial charge in [0.05, 0.1) is 27.0 Å². The molecule has 0 spiro atoms. The van der Waals surface area contributed by atoms with Crippen LogP contribution in [0.25, 0.3) is 0 Å². The van der Waals surface area contributed by atoms with Crippen LogP contribution in [0.2, 0.25) is 0 Å². The van der Waals surface area contributed by atoms with Crippen molar-refractivity contribution in [2.45, 2.75) is 25.4 Å². The highest BCUT2D eigenvalue weighted by molar-refractivity contribution is 5.96. The van der Waals surface area contributed by atoms with E-state index in [1.807, 2.05) is 24.3 Å². The van der Waals surface area contributed by atoms with Crippen molar-refractivity contribution in [3.63, 3.8) is 0 Å². The minimum absolute atomic E-state index is 0. The van der Waals surface area contributed by atoms with Crippen LogP contribution in [0.3, 0.4) is 0 Å². The summed E-state index contributed by atoms with van der Waals surface area (Å²) in [5.74, 6) is 2.62. The van der Waals surface area contributed by atoms with Crippen LogP contribution >= 0.6 is 12.4 Å². The highest BCUT2D eigenvalue weighted by Gasteiger charge is 2.22. The van der Waals surface area contributed by atoms with Crippen LogP contribution < -0.4 is 29.6 Å². The Kier molecular flexibility index (Phi) is 9.90. The van der Waals surface area contributed by atoms with Gasteiger partial charge in [-0.1, -0.05) is 6.07 Å². The van der Waals surface area contributed by atoms with Crippen LogP contribution in [0.15, 0.2) is 30.3 Å². The van der Waals surface area contributed by atoms with Crippen molar-refractivity contribution in [1.29, 1.82) is 0 Å². The van der Waals surface area contributed by atoms with E-state index >= 15 is 0 Å². The first-order valence-corrected chi connectivity index (χ1v) is 10.3. The summed E-state index contributed by atoms with van der Waals surface area (Å²) in [5, 5.41) is 16.4. The number of carbonyl (C=O) groups is 1. The number of methoxy groups -OCH3 is 3. The molecule has 8 nitrogen and oxygen atoms in total. The Morgan fingerprint density at radius 1 is 1.00 bits per heavy atom. The molecular weight excluding hydrogens is 436 g/mol. The quantitative estimate of drug-likeness (QED) is 0.438. The zero-order chi connectivity index (χ0) is 22.2. The fraction of sp³-hybridized carbons (Fsp3) is 0.435. The van der Waals surface area contributed by atoms with E-state index in [2.05, 4.69) is 10.6 Å². The molecule has 1 unspecified atom stereocenters. The molecule has 1 heterocycles. The molecule has 2 aromatic rings. The Bertz CT molecular complexity index is 908. The van der Waals surface area contributed by atoms with Crippen molar-refractivity contribution in [2.75, 3.05) is 46.3 Å². The average Bonchev–Trinajstić information content (AvgIpc) is 2.79. The maximum Gasteiger partial charge on any atom is 0.224 e. The van der Waals surface area contributed by atoms with Crippen LogP contribution in [-0.2, 0) is 17.6 Å². The van der Waals surface area contributed by atoms with Gasteiger partial charge in [-0.15, -0.1) is 12.4 Å². The lowest BCUT2D eigenvalue weighted by atomic mass is 10.0. The number of hydrogen-bond donors (Lipinski definition) is 3. The number of aliphatic hydroxyl groups is 1. The van der Waals surface area contributed by atoms with E-state index in [9.17, 15) is 9.90 Å². The normalized spacial score (nSPS) is 13.3. The van der Waals surface area contributed by atoms with Gasteiger partial charge in [-0.25, -0.2) is 0 Å². The Balaban J connectivity index is 0.00000363. The number of hydrogen-bond acceptors (Lipinski definition) is 7. The average molecular weight is 467 g/mol. The largest absolute Gasteiger partial charge is 0.495 e. The van der Waals surface area contributed by atoms with Gasteiger partial charge in [0, 0.05) is 18.5 Å². The van der Waals surface area contributed by atoms with Gasteiger partial charge in [-0.3, -0.25) is 4.79 Å². The zero-order valence-electron chi connectivity index (χ0n) is 18.6. The smallest absolute Gasteiger partial charge is 0.224 e. The predicted octanol–water partition coefficient (Wildman–Crippen LogP) is 2.59. The highest BCUT2D eigenvalue weighted by Crippen LogP contribution is 2.38. The first-order valence-electron chi connectivity index (χ1n) is 10.3. The topological polar surface area (TPSA) is 98.3 Å². The van der Waals surface area contributed by atoms with Crippen molar-refractivity contribution < 1.29 is 28.8 Å². The van der Waals surface area contributed by atoms with Crippen LogP contribution in [0, 0.1) is 0 Å². The predicted molar refractivity (Wildman–Crippen MR) is 125 cm³/mol. The monoisotopic (exact) mass is 466 g/mol.